The van der Waals surface area contributed by atoms with Gasteiger partial charge >= 0.3 is 0 Å². The predicted molar refractivity (Wildman–Crippen MR) is 102 cm³/mol. The Bertz CT molecular complexity index is 962. The van der Waals surface area contributed by atoms with Gasteiger partial charge in [0, 0.05) is 5.56 Å². The second kappa shape index (κ2) is 8.12. The topological polar surface area (TPSA) is 9.23 Å². The molecule has 0 aliphatic heterocycles. The Balaban J connectivity index is 1.74. The highest BCUT2D eigenvalue weighted by Crippen LogP contribution is 2.30. The van der Waals surface area contributed by atoms with Crippen molar-refractivity contribution in [1.82, 2.24) is 0 Å². The lowest BCUT2D eigenvalue weighted by molar-refractivity contribution is 0.372. The van der Waals surface area contributed by atoms with E-state index >= 15 is 0 Å². The monoisotopic (exact) mass is 368 g/mol. The van der Waals surface area contributed by atoms with Crippen LogP contribution in [-0.4, -0.2) is 7.11 Å². The Morgan fingerprint density at radius 1 is 0.889 bits per heavy atom. The van der Waals surface area contributed by atoms with E-state index in [1.807, 2.05) is 18.2 Å². The zero-order valence-corrected chi connectivity index (χ0v) is 14.9. The summed E-state index contributed by atoms with van der Waals surface area (Å²) in [6, 6.07) is 15.1. The molecule has 0 atom stereocenters. The molecular formula is C23H19F3O. The second-order valence-corrected chi connectivity index (χ2v) is 6.20. The average Bonchev–Trinajstić information content (AvgIpc) is 2.69. The molecule has 0 unspecified atom stereocenters. The minimum atomic E-state index is -1.00. The molecule has 1 nitrogen and oxygen atoms in total. The molecule has 0 amide bonds. The number of rotatable bonds is 6. The van der Waals surface area contributed by atoms with Crippen LogP contribution in [0.2, 0.25) is 0 Å². The van der Waals surface area contributed by atoms with E-state index < -0.39 is 11.6 Å². The van der Waals surface area contributed by atoms with Gasteiger partial charge in [0.25, 0.3) is 0 Å². The normalized spacial score (nSPS) is 10.7. The molecule has 0 aliphatic carbocycles. The minimum absolute atomic E-state index is 0.127. The Morgan fingerprint density at radius 3 is 2.26 bits per heavy atom. The van der Waals surface area contributed by atoms with Crippen LogP contribution in [0.1, 0.15) is 16.7 Å². The maximum absolute atomic E-state index is 14.2. The number of methoxy groups -OCH3 is 1. The van der Waals surface area contributed by atoms with Crippen LogP contribution < -0.4 is 4.74 Å². The molecule has 3 rings (SSSR count). The van der Waals surface area contributed by atoms with Crippen LogP contribution >= 0.6 is 0 Å². The van der Waals surface area contributed by atoms with Gasteiger partial charge in [-0.05, 0) is 53.3 Å². The van der Waals surface area contributed by atoms with Crippen LogP contribution in [0.15, 0.2) is 61.2 Å². The van der Waals surface area contributed by atoms with E-state index in [9.17, 15) is 13.2 Å². The Hall–Kier alpha value is -3.01. The fourth-order valence-corrected chi connectivity index (χ4v) is 2.94. The third-order valence-electron chi connectivity index (χ3n) is 4.53. The van der Waals surface area contributed by atoms with E-state index in [0.717, 1.165) is 11.1 Å². The van der Waals surface area contributed by atoms with E-state index in [1.165, 1.54) is 25.3 Å². The van der Waals surface area contributed by atoms with Crippen molar-refractivity contribution in [2.75, 3.05) is 7.11 Å². The zero-order chi connectivity index (χ0) is 19.4. The molecule has 27 heavy (non-hydrogen) atoms. The van der Waals surface area contributed by atoms with Gasteiger partial charge in [0.05, 0.1) is 7.11 Å². The van der Waals surface area contributed by atoms with E-state index in [4.69, 9.17) is 4.74 Å². The van der Waals surface area contributed by atoms with Crippen molar-refractivity contribution in [1.29, 1.82) is 0 Å². The van der Waals surface area contributed by atoms with Gasteiger partial charge < -0.3 is 4.74 Å². The summed E-state index contributed by atoms with van der Waals surface area (Å²) in [5.74, 6) is -2.32. The third kappa shape index (κ3) is 4.05. The van der Waals surface area contributed by atoms with Gasteiger partial charge in [-0.15, -0.1) is 0 Å². The highest BCUT2D eigenvalue weighted by atomic mass is 19.2. The molecule has 0 aliphatic rings. The first-order chi connectivity index (χ1) is 13.0. The summed E-state index contributed by atoms with van der Waals surface area (Å²) >= 11 is 0. The Kier molecular flexibility index (Phi) is 5.65. The Morgan fingerprint density at radius 2 is 1.63 bits per heavy atom. The van der Waals surface area contributed by atoms with Gasteiger partial charge in [-0.2, -0.15) is 4.39 Å². The van der Waals surface area contributed by atoms with E-state index in [1.54, 1.807) is 24.3 Å². The molecule has 138 valence electrons. The highest BCUT2D eigenvalue weighted by molar-refractivity contribution is 5.65. The first kappa shape index (κ1) is 18.8. The minimum Gasteiger partial charge on any atom is -0.494 e. The zero-order valence-electron chi connectivity index (χ0n) is 14.9. The summed E-state index contributed by atoms with van der Waals surface area (Å²) in [5, 5.41) is 0. The van der Waals surface area contributed by atoms with Crippen molar-refractivity contribution in [3.8, 4) is 16.9 Å². The number of hydrogen-bond acceptors (Lipinski definition) is 1. The van der Waals surface area contributed by atoms with Gasteiger partial charge in [0.1, 0.15) is 5.82 Å². The molecule has 0 spiro atoms. The van der Waals surface area contributed by atoms with Crippen molar-refractivity contribution in [2.24, 2.45) is 0 Å². The fraction of sp³-hybridized carbons (Fsp3) is 0.130. The van der Waals surface area contributed by atoms with Crippen molar-refractivity contribution < 1.29 is 17.9 Å². The molecule has 4 heteroatoms. The smallest absolute Gasteiger partial charge is 0.201 e. The van der Waals surface area contributed by atoms with Gasteiger partial charge in [-0.1, -0.05) is 49.1 Å². The summed E-state index contributed by atoms with van der Waals surface area (Å²) in [6.07, 6.45) is 2.80. The molecule has 0 aromatic heterocycles. The largest absolute Gasteiger partial charge is 0.494 e. The molecular weight excluding hydrogens is 349 g/mol. The number of aryl methyl sites for hydroxylation is 2. The summed E-state index contributed by atoms with van der Waals surface area (Å²) in [4.78, 5) is 0. The van der Waals surface area contributed by atoms with Crippen molar-refractivity contribution in [3.63, 3.8) is 0 Å². The van der Waals surface area contributed by atoms with E-state index in [-0.39, 0.29) is 17.1 Å². The van der Waals surface area contributed by atoms with Gasteiger partial charge in [0.2, 0.25) is 5.82 Å². The van der Waals surface area contributed by atoms with Gasteiger partial charge in [0.15, 0.2) is 11.6 Å². The third-order valence-corrected chi connectivity index (χ3v) is 4.53. The van der Waals surface area contributed by atoms with Crippen LogP contribution in [0, 0.1) is 17.5 Å². The first-order valence-electron chi connectivity index (χ1n) is 8.55. The summed E-state index contributed by atoms with van der Waals surface area (Å²) in [6.45, 7) is 3.63. The van der Waals surface area contributed by atoms with Crippen LogP contribution in [-0.2, 0) is 12.8 Å². The lowest BCUT2D eigenvalue weighted by atomic mass is 9.99. The summed E-state index contributed by atoms with van der Waals surface area (Å²) in [7, 11) is 1.29. The highest BCUT2D eigenvalue weighted by Gasteiger charge is 2.15. The number of hydrogen-bond donors (Lipinski definition) is 0. The average molecular weight is 368 g/mol. The van der Waals surface area contributed by atoms with Crippen molar-refractivity contribution in [2.45, 2.75) is 12.8 Å². The molecule has 0 N–H and O–H groups in total. The quantitative estimate of drug-likeness (QED) is 0.503. The van der Waals surface area contributed by atoms with E-state index in [0.29, 0.717) is 24.0 Å². The number of benzene rings is 3. The van der Waals surface area contributed by atoms with Gasteiger partial charge in [-0.3, -0.25) is 0 Å². The molecule has 0 bridgehead atoms. The van der Waals surface area contributed by atoms with Crippen LogP contribution in [0.25, 0.3) is 17.2 Å². The number of ether oxygens (including phenoxy) is 1. The summed E-state index contributed by atoms with van der Waals surface area (Å²) in [5.41, 5.74) is 3.10. The molecule has 0 radical (unpaired) electrons. The fourth-order valence-electron chi connectivity index (χ4n) is 2.94. The number of halogens is 3. The van der Waals surface area contributed by atoms with Gasteiger partial charge in [-0.25, -0.2) is 8.78 Å². The van der Waals surface area contributed by atoms with Crippen LogP contribution in [0.4, 0.5) is 13.2 Å². The molecule has 0 fully saturated rings. The Labute approximate surface area is 156 Å². The molecule has 0 heterocycles. The molecule has 0 saturated carbocycles. The van der Waals surface area contributed by atoms with Crippen molar-refractivity contribution >= 4 is 6.08 Å². The second-order valence-electron chi connectivity index (χ2n) is 6.20. The first-order valence-corrected chi connectivity index (χ1v) is 8.55. The summed E-state index contributed by atoms with van der Waals surface area (Å²) < 4.78 is 46.9. The van der Waals surface area contributed by atoms with Crippen LogP contribution in [0.3, 0.4) is 0 Å². The van der Waals surface area contributed by atoms with E-state index in [2.05, 4.69) is 6.58 Å². The van der Waals surface area contributed by atoms with Crippen molar-refractivity contribution in [3.05, 3.63) is 95.3 Å². The maximum atomic E-state index is 14.2. The lowest BCUT2D eigenvalue weighted by Crippen LogP contribution is -1.97. The predicted octanol–water partition coefficient (Wildman–Crippen LogP) is 6.21. The maximum Gasteiger partial charge on any atom is 0.201 e. The molecule has 3 aromatic rings. The lowest BCUT2D eigenvalue weighted by Gasteiger charge is -2.09. The molecule has 3 aromatic carbocycles. The van der Waals surface area contributed by atoms with Crippen LogP contribution in [0.5, 0.6) is 5.75 Å². The molecule has 0 saturated heterocycles. The standard InChI is InChI=1S/C23H19F3O/c1-3-15-4-10-18(20(24)14-15)11-7-16-5-8-17(9-6-16)19-12-13-21(27-2)23(26)22(19)25/h3-6,8-10,12-14H,1,7,11H2,2H3. The SMILES string of the molecule is C=Cc1ccc(CCc2ccc(-c3ccc(OC)c(F)c3F)cc2)c(F)c1.